The highest BCUT2D eigenvalue weighted by molar-refractivity contribution is 9.10. The van der Waals surface area contributed by atoms with Crippen molar-refractivity contribution in [3.63, 3.8) is 0 Å². The zero-order valence-electron chi connectivity index (χ0n) is 10.6. The lowest BCUT2D eigenvalue weighted by Gasteiger charge is -2.09. The number of methoxy groups -OCH3 is 1. The van der Waals surface area contributed by atoms with Gasteiger partial charge in [0.25, 0.3) is 0 Å². The molecule has 1 aromatic rings. The Kier molecular flexibility index (Phi) is 5.69. The second-order valence-electron chi connectivity index (χ2n) is 4.53. The quantitative estimate of drug-likeness (QED) is 0.725. The van der Waals surface area contributed by atoms with Crippen LogP contribution < -0.4 is 4.74 Å². The van der Waals surface area contributed by atoms with Gasteiger partial charge in [-0.2, -0.15) is 0 Å². The van der Waals surface area contributed by atoms with Crippen LogP contribution in [0.4, 0.5) is 0 Å². The molecule has 0 aliphatic heterocycles. The van der Waals surface area contributed by atoms with Crippen LogP contribution in [0.15, 0.2) is 22.7 Å². The Morgan fingerprint density at radius 3 is 2.71 bits per heavy atom. The smallest absolute Gasteiger partial charge is 0.166 e. The molecule has 0 spiro atoms. The van der Waals surface area contributed by atoms with Gasteiger partial charge in [0.2, 0.25) is 0 Å². The number of Topliss-reactive ketones (excluding diaryl/α,β-unsaturated/α-hetero) is 1. The van der Waals surface area contributed by atoms with Gasteiger partial charge in [0, 0.05) is 6.42 Å². The molecule has 2 nitrogen and oxygen atoms in total. The highest BCUT2D eigenvalue weighted by Gasteiger charge is 2.14. The lowest BCUT2D eigenvalue weighted by Crippen LogP contribution is -2.03. The number of para-hydroxylation sites is 1. The summed E-state index contributed by atoms with van der Waals surface area (Å²) in [6.45, 7) is 4.34. The minimum Gasteiger partial charge on any atom is -0.495 e. The van der Waals surface area contributed by atoms with Crippen LogP contribution in [0.25, 0.3) is 0 Å². The third-order valence-electron chi connectivity index (χ3n) is 2.66. The van der Waals surface area contributed by atoms with E-state index in [-0.39, 0.29) is 5.78 Å². The zero-order chi connectivity index (χ0) is 12.8. The van der Waals surface area contributed by atoms with Gasteiger partial charge in [-0.1, -0.05) is 26.3 Å². The van der Waals surface area contributed by atoms with Crippen molar-refractivity contribution in [1.29, 1.82) is 0 Å². The molecule has 0 N–H and O–H groups in total. The van der Waals surface area contributed by atoms with Crippen molar-refractivity contribution in [2.24, 2.45) is 5.92 Å². The predicted molar refractivity (Wildman–Crippen MR) is 73.7 cm³/mol. The number of hydrogen-bond donors (Lipinski definition) is 0. The highest BCUT2D eigenvalue weighted by atomic mass is 79.9. The summed E-state index contributed by atoms with van der Waals surface area (Å²) in [7, 11) is 1.59. The summed E-state index contributed by atoms with van der Waals surface area (Å²) >= 11 is 3.39. The first-order chi connectivity index (χ1) is 8.06. The van der Waals surface area contributed by atoms with Crippen molar-refractivity contribution in [2.75, 3.05) is 7.11 Å². The number of hydrogen-bond acceptors (Lipinski definition) is 2. The summed E-state index contributed by atoms with van der Waals surface area (Å²) in [6, 6.07) is 5.56. The molecular weight excluding hydrogens is 280 g/mol. The number of ether oxygens (including phenoxy) is 1. The Bertz CT molecular complexity index is 386. The molecule has 0 unspecified atom stereocenters. The summed E-state index contributed by atoms with van der Waals surface area (Å²) in [6.07, 6.45) is 2.61. The molecule has 0 radical (unpaired) electrons. The average Bonchev–Trinajstić information content (AvgIpc) is 2.28. The number of benzene rings is 1. The fourth-order valence-electron chi connectivity index (χ4n) is 1.74. The molecule has 0 heterocycles. The van der Waals surface area contributed by atoms with E-state index in [1.165, 1.54) is 0 Å². The third-order valence-corrected chi connectivity index (χ3v) is 3.28. The van der Waals surface area contributed by atoms with Crippen molar-refractivity contribution in [2.45, 2.75) is 33.1 Å². The van der Waals surface area contributed by atoms with E-state index in [2.05, 4.69) is 29.8 Å². The standard InChI is InChI=1S/C14H19BrO2/c1-10(2)6-4-9-13(16)11-7-5-8-12(15)14(11)17-3/h5,7-8,10H,4,6,9H2,1-3H3. The van der Waals surface area contributed by atoms with Crippen LogP contribution in [0.2, 0.25) is 0 Å². The molecule has 1 aromatic carbocycles. The number of carbonyl (C=O) groups is 1. The fraction of sp³-hybridized carbons (Fsp3) is 0.500. The Morgan fingerprint density at radius 1 is 1.41 bits per heavy atom. The maximum Gasteiger partial charge on any atom is 0.166 e. The maximum absolute atomic E-state index is 12.1. The number of ketones is 1. The molecule has 0 fully saturated rings. The van der Waals surface area contributed by atoms with Gasteiger partial charge in [0.1, 0.15) is 5.75 Å². The minimum absolute atomic E-state index is 0.156. The van der Waals surface area contributed by atoms with E-state index in [9.17, 15) is 4.79 Å². The second-order valence-corrected chi connectivity index (χ2v) is 5.38. The lowest BCUT2D eigenvalue weighted by molar-refractivity contribution is 0.0975. The van der Waals surface area contributed by atoms with Crippen LogP contribution in [-0.2, 0) is 0 Å². The zero-order valence-corrected chi connectivity index (χ0v) is 12.2. The fourth-order valence-corrected chi connectivity index (χ4v) is 2.27. The van der Waals surface area contributed by atoms with E-state index in [1.807, 2.05) is 18.2 Å². The van der Waals surface area contributed by atoms with Crippen LogP contribution in [0, 0.1) is 5.92 Å². The summed E-state index contributed by atoms with van der Waals surface area (Å²) in [5, 5.41) is 0. The molecule has 0 atom stereocenters. The van der Waals surface area contributed by atoms with E-state index in [0.29, 0.717) is 23.7 Å². The summed E-state index contributed by atoms with van der Waals surface area (Å²) < 4.78 is 6.09. The van der Waals surface area contributed by atoms with Crippen molar-refractivity contribution < 1.29 is 9.53 Å². The molecule has 3 heteroatoms. The van der Waals surface area contributed by atoms with E-state index in [1.54, 1.807) is 7.11 Å². The monoisotopic (exact) mass is 298 g/mol. The maximum atomic E-state index is 12.1. The molecule has 0 saturated heterocycles. The Hall–Kier alpha value is -0.830. The van der Waals surface area contributed by atoms with Gasteiger partial charge in [0.05, 0.1) is 17.1 Å². The van der Waals surface area contributed by atoms with Crippen LogP contribution in [-0.4, -0.2) is 12.9 Å². The van der Waals surface area contributed by atoms with Crippen molar-refractivity contribution in [1.82, 2.24) is 0 Å². The van der Waals surface area contributed by atoms with E-state index in [0.717, 1.165) is 17.3 Å². The normalized spacial score (nSPS) is 10.6. The molecule has 94 valence electrons. The van der Waals surface area contributed by atoms with Gasteiger partial charge in [-0.15, -0.1) is 0 Å². The van der Waals surface area contributed by atoms with Crippen LogP contribution in [0.1, 0.15) is 43.5 Å². The second kappa shape index (κ2) is 6.80. The van der Waals surface area contributed by atoms with Crippen molar-refractivity contribution in [3.8, 4) is 5.75 Å². The van der Waals surface area contributed by atoms with Gasteiger partial charge in [-0.3, -0.25) is 4.79 Å². The van der Waals surface area contributed by atoms with Crippen molar-refractivity contribution in [3.05, 3.63) is 28.2 Å². The molecule has 1 rings (SSSR count). The summed E-state index contributed by atoms with van der Waals surface area (Å²) in [4.78, 5) is 12.1. The topological polar surface area (TPSA) is 26.3 Å². The van der Waals surface area contributed by atoms with Gasteiger partial charge in [-0.05, 0) is 40.4 Å². The molecule has 0 bridgehead atoms. The Morgan fingerprint density at radius 2 is 2.12 bits per heavy atom. The van der Waals surface area contributed by atoms with E-state index >= 15 is 0 Å². The summed E-state index contributed by atoms with van der Waals surface area (Å²) in [5.41, 5.74) is 0.672. The molecule has 0 aliphatic carbocycles. The van der Waals surface area contributed by atoms with Crippen LogP contribution in [0.5, 0.6) is 5.75 Å². The molecule has 0 saturated carbocycles. The first-order valence-electron chi connectivity index (χ1n) is 5.92. The molecule has 17 heavy (non-hydrogen) atoms. The highest BCUT2D eigenvalue weighted by Crippen LogP contribution is 2.29. The summed E-state index contributed by atoms with van der Waals surface area (Å²) in [5.74, 6) is 1.44. The largest absolute Gasteiger partial charge is 0.495 e. The first-order valence-corrected chi connectivity index (χ1v) is 6.71. The van der Waals surface area contributed by atoms with E-state index < -0.39 is 0 Å². The Balaban J connectivity index is 2.72. The molecule has 0 amide bonds. The van der Waals surface area contributed by atoms with Gasteiger partial charge < -0.3 is 4.74 Å². The third kappa shape index (κ3) is 4.15. The van der Waals surface area contributed by atoms with Crippen molar-refractivity contribution >= 4 is 21.7 Å². The average molecular weight is 299 g/mol. The van der Waals surface area contributed by atoms with Gasteiger partial charge >= 0.3 is 0 Å². The Labute approximate surface area is 111 Å². The van der Waals surface area contributed by atoms with Crippen LogP contribution >= 0.6 is 15.9 Å². The molecular formula is C14H19BrO2. The number of carbonyl (C=O) groups excluding carboxylic acids is 1. The number of halogens is 1. The minimum atomic E-state index is 0.156. The molecule has 0 aromatic heterocycles. The number of rotatable bonds is 6. The van der Waals surface area contributed by atoms with Gasteiger partial charge in [0.15, 0.2) is 5.78 Å². The van der Waals surface area contributed by atoms with Crippen LogP contribution in [0.3, 0.4) is 0 Å². The first kappa shape index (κ1) is 14.2. The van der Waals surface area contributed by atoms with E-state index in [4.69, 9.17) is 4.74 Å². The lowest BCUT2D eigenvalue weighted by atomic mass is 10.0. The molecule has 0 aliphatic rings. The van der Waals surface area contributed by atoms with Gasteiger partial charge in [-0.25, -0.2) is 0 Å². The predicted octanol–water partition coefficient (Wildman–Crippen LogP) is 4.47. The SMILES string of the molecule is COc1c(Br)cccc1C(=O)CCCC(C)C.